The van der Waals surface area contributed by atoms with Gasteiger partial charge in [-0.25, -0.2) is 4.79 Å². The number of alkyl halides is 6. The average Bonchev–Trinajstić information content (AvgIpc) is 2.72. The van der Waals surface area contributed by atoms with Gasteiger partial charge in [0.25, 0.3) is 0 Å². The summed E-state index contributed by atoms with van der Waals surface area (Å²) in [5.41, 5.74) is -2.87. The second kappa shape index (κ2) is 11.3. The van der Waals surface area contributed by atoms with Gasteiger partial charge in [-0.2, -0.15) is 26.3 Å². The van der Waals surface area contributed by atoms with Crippen LogP contribution in [0.3, 0.4) is 0 Å². The summed E-state index contributed by atoms with van der Waals surface area (Å²) in [6, 6.07) is 5.45. The Morgan fingerprint density at radius 2 is 1.57 bits per heavy atom. The third kappa shape index (κ3) is 7.91. The molecule has 4 nitrogen and oxygen atoms in total. The zero-order valence-electron chi connectivity index (χ0n) is 18.3. The summed E-state index contributed by atoms with van der Waals surface area (Å²) in [6.45, 7) is 0.725. The fourth-order valence-electron chi connectivity index (χ4n) is 3.65. The number of benzene rings is 2. The van der Waals surface area contributed by atoms with Crippen LogP contribution in [0.2, 0.25) is 10.0 Å². The van der Waals surface area contributed by atoms with Crippen LogP contribution < -0.4 is 16.0 Å². The highest BCUT2D eigenvalue weighted by Crippen LogP contribution is 2.37. The van der Waals surface area contributed by atoms with Crippen LogP contribution >= 0.6 is 23.2 Å². The maximum absolute atomic E-state index is 13.1. The number of hydrogen-bond acceptors (Lipinski definition) is 2. The zero-order valence-corrected chi connectivity index (χ0v) is 19.8. The van der Waals surface area contributed by atoms with Gasteiger partial charge in [-0.15, -0.1) is 0 Å². The highest BCUT2D eigenvalue weighted by Gasteiger charge is 2.37. The molecule has 0 spiro atoms. The third-order valence-corrected chi connectivity index (χ3v) is 6.54. The zero-order chi connectivity index (χ0) is 25.8. The fourth-order valence-corrected chi connectivity index (χ4v) is 3.95. The molecule has 3 N–H and O–H groups in total. The van der Waals surface area contributed by atoms with Gasteiger partial charge < -0.3 is 16.0 Å². The van der Waals surface area contributed by atoms with Crippen LogP contribution in [0.1, 0.15) is 48.3 Å². The minimum absolute atomic E-state index is 0.00149. The minimum Gasteiger partial charge on any atom is -0.337 e. The Morgan fingerprint density at radius 1 is 0.943 bits per heavy atom. The molecular formula is C23H23Cl2F6N3O. The van der Waals surface area contributed by atoms with Crippen molar-refractivity contribution < 1.29 is 31.1 Å². The van der Waals surface area contributed by atoms with Crippen LogP contribution in [0.5, 0.6) is 0 Å². The Balaban J connectivity index is 1.69. The van der Waals surface area contributed by atoms with E-state index in [0.29, 0.717) is 41.2 Å². The Hall–Kier alpha value is -2.17. The second-order valence-corrected chi connectivity index (χ2v) is 9.19. The Morgan fingerprint density at radius 3 is 2.09 bits per heavy atom. The van der Waals surface area contributed by atoms with Gasteiger partial charge in [0.1, 0.15) is 0 Å². The summed E-state index contributed by atoms with van der Waals surface area (Å²) >= 11 is 12.1. The summed E-state index contributed by atoms with van der Waals surface area (Å²) < 4.78 is 78.4. The molecule has 192 valence electrons. The lowest BCUT2D eigenvalue weighted by atomic mass is 9.92. The van der Waals surface area contributed by atoms with E-state index in [1.165, 1.54) is 6.42 Å². The quantitative estimate of drug-likeness (QED) is 0.303. The van der Waals surface area contributed by atoms with Gasteiger partial charge in [-0.3, -0.25) is 0 Å². The van der Waals surface area contributed by atoms with Crippen LogP contribution in [-0.4, -0.2) is 25.2 Å². The smallest absolute Gasteiger partial charge is 0.337 e. The van der Waals surface area contributed by atoms with Gasteiger partial charge >= 0.3 is 18.4 Å². The molecular weight excluding hydrogens is 519 g/mol. The van der Waals surface area contributed by atoms with Gasteiger partial charge in [0.2, 0.25) is 0 Å². The number of amides is 2. The molecule has 12 heteroatoms. The lowest BCUT2D eigenvalue weighted by molar-refractivity contribution is -0.143. The first-order valence-electron chi connectivity index (χ1n) is 10.9. The molecule has 2 aromatic rings. The van der Waals surface area contributed by atoms with E-state index in [2.05, 4.69) is 16.0 Å². The molecule has 0 bridgehead atoms. The summed E-state index contributed by atoms with van der Waals surface area (Å²) in [5.74, 6) is -0.227. The number of urea groups is 1. The molecule has 0 aliphatic heterocycles. The Kier molecular flexibility index (Phi) is 8.82. The number of carbonyl (C=O) groups excluding carboxylic acids is 1. The maximum Gasteiger partial charge on any atom is 0.416 e. The number of anilines is 1. The molecule has 2 amide bonds. The molecule has 1 fully saturated rings. The van der Waals surface area contributed by atoms with Crippen LogP contribution in [0, 0.1) is 0 Å². The van der Waals surface area contributed by atoms with E-state index in [1.807, 2.05) is 0 Å². The number of nitrogens with one attached hydrogen (secondary N) is 3. The SMILES string of the molecule is O=C(NCC(CCNC1CCC1)c1ccc(Cl)c(Cl)c1)Nc1cc(C(F)(F)F)cc(C(F)(F)F)c1. The number of hydrogen-bond donors (Lipinski definition) is 3. The van der Waals surface area contributed by atoms with Crippen molar-refractivity contribution in [2.24, 2.45) is 0 Å². The lowest BCUT2D eigenvalue weighted by Crippen LogP contribution is -2.37. The number of rotatable bonds is 8. The van der Waals surface area contributed by atoms with Crippen LogP contribution in [-0.2, 0) is 12.4 Å². The topological polar surface area (TPSA) is 53.2 Å². The molecule has 2 aromatic carbocycles. The molecule has 35 heavy (non-hydrogen) atoms. The van der Waals surface area contributed by atoms with Crippen LogP contribution in [0.25, 0.3) is 0 Å². The van der Waals surface area contributed by atoms with E-state index in [4.69, 9.17) is 23.2 Å². The monoisotopic (exact) mass is 541 g/mol. The van der Waals surface area contributed by atoms with E-state index >= 15 is 0 Å². The van der Waals surface area contributed by atoms with Crippen molar-refractivity contribution in [3.63, 3.8) is 0 Å². The highest BCUT2D eigenvalue weighted by atomic mass is 35.5. The molecule has 1 aliphatic carbocycles. The first kappa shape index (κ1) is 27.4. The molecule has 1 atom stereocenters. The van der Waals surface area contributed by atoms with Crippen molar-refractivity contribution >= 4 is 34.9 Å². The molecule has 0 radical (unpaired) electrons. The molecule has 1 unspecified atom stereocenters. The van der Waals surface area contributed by atoms with Gasteiger partial charge in [0.15, 0.2) is 0 Å². The van der Waals surface area contributed by atoms with Gasteiger partial charge in [-0.05, 0) is 61.7 Å². The van der Waals surface area contributed by atoms with Crippen LogP contribution in [0.4, 0.5) is 36.8 Å². The molecule has 0 heterocycles. The van der Waals surface area contributed by atoms with Crippen LogP contribution in [0.15, 0.2) is 36.4 Å². The molecule has 1 aliphatic rings. The van der Waals surface area contributed by atoms with Crippen molar-refractivity contribution in [2.75, 3.05) is 18.4 Å². The predicted octanol–water partition coefficient (Wildman–Crippen LogP) is 7.47. The fraction of sp³-hybridized carbons (Fsp3) is 0.435. The van der Waals surface area contributed by atoms with Crippen molar-refractivity contribution in [3.05, 3.63) is 63.1 Å². The summed E-state index contributed by atoms with van der Waals surface area (Å²) in [7, 11) is 0. The van der Waals surface area contributed by atoms with Crippen molar-refractivity contribution in [2.45, 2.75) is 50.0 Å². The molecule has 0 aromatic heterocycles. The molecule has 1 saturated carbocycles. The van der Waals surface area contributed by atoms with Crippen molar-refractivity contribution in [1.29, 1.82) is 0 Å². The lowest BCUT2D eigenvalue weighted by Gasteiger charge is -2.28. The van der Waals surface area contributed by atoms with Crippen molar-refractivity contribution in [1.82, 2.24) is 10.6 Å². The second-order valence-electron chi connectivity index (χ2n) is 8.37. The summed E-state index contributed by atoms with van der Waals surface area (Å²) in [4.78, 5) is 12.4. The highest BCUT2D eigenvalue weighted by molar-refractivity contribution is 6.42. The van der Waals surface area contributed by atoms with Gasteiger partial charge in [-0.1, -0.05) is 35.7 Å². The van der Waals surface area contributed by atoms with E-state index in [0.717, 1.165) is 18.4 Å². The van der Waals surface area contributed by atoms with E-state index < -0.39 is 35.2 Å². The average molecular weight is 542 g/mol. The maximum atomic E-state index is 13.1. The Labute approximate surface area is 208 Å². The summed E-state index contributed by atoms with van der Waals surface area (Å²) in [5, 5.41) is 8.70. The predicted molar refractivity (Wildman–Crippen MR) is 123 cm³/mol. The van der Waals surface area contributed by atoms with Gasteiger partial charge in [0.05, 0.1) is 21.2 Å². The largest absolute Gasteiger partial charge is 0.416 e. The third-order valence-electron chi connectivity index (χ3n) is 5.80. The number of carbonyl (C=O) groups is 1. The molecule has 0 saturated heterocycles. The minimum atomic E-state index is -5.01. The van der Waals surface area contributed by atoms with E-state index in [1.54, 1.807) is 18.2 Å². The van der Waals surface area contributed by atoms with Crippen molar-refractivity contribution in [3.8, 4) is 0 Å². The van der Waals surface area contributed by atoms with E-state index in [9.17, 15) is 31.1 Å². The standard InChI is InChI=1S/C23H23Cl2F6N3O/c24-19-5-4-13(8-20(19)25)14(6-7-32-17-2-1-3-17)12-33-21(35)34-18-10-15(22(26,27)28)9-16(11-18)23(29,30)31/h4-5,8-11,14,17,32H,1-3,6-7,12H2,(H2,33,34,35). The number of halogens is 8. The van der Waals surface area contributed by atoms with Gasteiger partial charge in [0, 0.05) is 24.2 Å². The molecule has 3 rings (SSSR count). The Bertz CT molecular complexity index is 1010. The van der Waals surface area contributed by atoms with E-state index in [-0.39, 0.29) is 18.5 Å². The normalized spacial score (nSPS) is 15.4. The first-order valence-corrected chi connectivity index (χ1v) is 11.6. The first-order chi connectivity index (χ1) is 16.3. The summed E-state index contributed by atoms with van der Waals surface area (Å²) in [6.07, 6.45) is -6.07.